The number of hydrogen-bond acceptors (Lipinski definition) is 5. The maximum Gasteiger partial charge on any atom is 0.242 e. The molecule has 0 aromatic carbocycles. The molecule has 1 aliphatic heterocycles. The van der Waals surface area contributed by atoms with E-state index in [1.807, 2.05) is 0 Å². The highest BCUT2D eigenvalue weighted by molar-refractivity contribution is 7.90. The van der Waals surface area contributed by atoms with Gasteiger partial charge in [0.1, 0.15) is 9.84 Å². The molecule has 0 aromatic heterocycles. The Morgan fingerprint density at radius 2 is 1.89 bits per heavy atom. The minimum Gasteiger partial charge on any atom is -0.347 e. The van der Waals surface area contributed by atoms with Crippen LogP contribution in [-0.4, -0.2) is 69.9 Å². The van der Waals surface area contributed by atoms with Gasteiger partial charge in [-0.25, -0.2) is 8.42 Å². The van der Waals surface area contributed by atoms with Crippen LogP contribution in [0.5, 0.6) is 0 Å². The monoisotopic (exact) mass is 277 g/mol. The predicted octanol–water partition coefficient (Wildman–Crippen LogP) is -2.03. The van der Waals surface area contributed by atoms with Gasteiger partial charge in [0.2, 0.25) is 11.8 Å². The van der Waals surface area contributed by atoms with E-state index in [1.54, 1.807) is 4.90 Å². The average Bonchev–Trinajstić information content (AvgIpc) is 2.33. The van der Waals surface area contributed by atoms with Gasteiger partial charge in [0.05, 0.1) is 12.3 Å². The van der Waals surface area contributed by atoms with Gasteiger partial charge in [-0.05, 0) is 0 Å². The number of amides is 2. The summed E-state index contributed by atoms with van der Waals surface area (Å²) in [6.45, 7) is 2.72. The van der Waals surface area contributed by atoms with Crippen LogP contribution in [0.4, 0.5) is 0 Å². The van der Waals surface area contributed by atoms with Gasteiger partial charge in [-0.2, -0.15) is 0 Å². The Kier molecular flexibility index (Phi) is 5.54. The molecular formula is C10H19N3O4S. The third-order valence-electron chi connectivity index (χ3n) is 2.61. The number of piperazine rings is 1. The highest BCUT2D eigenvalue weighted by Gasteiger charge is 2.16. The Labute approximate surface area is 107 Å². The van der Waals surface area contributed by atoms with Crippen LogP contribution in [0.25, 0.3) is 0 Å². The molecule has 0 saturated carbocycles. The third kappa shape index (κ3) is 5.97. The van der Waals surface area contributed by atoms with E-state index in [2.05, 4.69) is 10.6 Å². The third-order valence-corrected chi connectivity index (χ3v) is 3.55. The van der Waals surface area contributed by atoms with Crippen LogP contribution in [0.2, 0.25) is 0 Å². The van der Waals surface area contributed by atoms with E-state index in [9.17, 15) is 18.0 Å². The van der Waals surface area contributed by atoms with E-state index in [1.165, 1.54) is 0 Å². The molecule has 0 spiro atoms. The SMILES string of the molecule is CS(=O)(=O)CCC(=O)NCC(=O)N1CCNCC1. The second-order valence-electron chi connectivity index (χ2n) is 4.29. The zero-order valence-corrected chi connectivity index (χ0v) is 11.3. The number of carbonyl (C=O) groups excluding carboxylic acids is 2. The highest BCUT2D eigenvalue weighted by atomic mass is 32.2. The van der Waals surface area contributed by atoms with E-state index in [0.717, 1.165) is 19.3 Å². The topological polar surface area (TPSA) is 95.6 Å². The summed E-state index contributed by atoms with van der Waals surface area (Å²) >= 11 is 0. The molecule has 2 amide bonds. The molecule has 0 atom stereocenters. The van der Waals surface area contributed by atoms with Gasteiger partial charge in [0.25, 0.3) is 0 Å². The van der Waals surface area contributed by atoms with Gasteiger partial charge in [-0.1, -0.05) is 0 Å². The van der Waals surface area contributed by atoms with Crippen LogP contribution in [0.1, 0.15) is 6.42 Å². The minimum absolute atomic E-state index is 0.0669. The Bertz CT molecular complexity index is 401. The maximum absolute atomic E-state index is 11.7. The lowest BCUT2D eigenvalue weighted by atomic mass is 10.3. The summed E-state index contributed by atoms with van der Waals surface area (Å²) in [6, 6.07) is 0. The van der Waals surface area contributed by atoms with Gasteiger partial charge in [0.15, 0.2) is 0 Å². The molecule has 8 heteroatoms. The summed E-state index contributed by atoms with van der Waals surface area (Å²) in [5.41, 5.74) is 0. The molecule has 104 valence electrons. The van der Waals surface area contributed by atoms with Crippen LogP contribution < -0.4 is 10.6 Å². The molecule has 18 heavy (non-hydrogen) atoms. The van der Waals surface area contributed by atoms with Crippen LogP contribution in [0, 0.1) is 0 Å². The number of nitrogens with zero attached hydrogens (tertiary/aromatic N) is 1. The molecule has 1 aliphatic rings. The Morgan fingerprint density at radius 1 is 1.28 bits per heavy atom. The summed E-state index contributed by atoms with van der Waals surface area (Å²) in [5, 5.41) is 5.56. The molecule has 0 aromatic rings. The first-order chi connectivity index (χ1) is 8.38. The van der Waals surface area contributed by atoms with Crippen molar-refractivity contribution >= 4 is 21.7 Å². The first-order valence-corrected chi connectivity index (χ1v) is 7.87. The number of hydrogen-bond donors (Lipinski definition) is 2. The van der Waals surface area contributed by atoms with E-state index in [-0.39, 0.29) is 24.6 Å². The highest BCUT2D eigenvalue weighted by Crippen LogP contribution is 1.93. The summed E-state index contributed by atoms with van der Waals surface area (Å²) in [6.07, 6.45) is 0.972. The summed E-state index contributed by atoms with van der Waals surface area (Å²) in [4.78, 5) is 24.7. The maximum atomic E-state index is 11.7. The van der Waals surface area contributed by atoms with E-state index in [0.29, 0.717) is 13.1 Å². The van der Waals surface area contributed by atoms with E-state index >= 15 is 0 Å². The summed E-state index contributed by atoms with van der Waals surface area (Å²) in [5.74, 6) is -0.742. The number of nitrogens with one attached hydrogen (secondary N) is 2. The van der Waals surface area contributed by atoms with Gasteiger partial charge in [-0.3, -0.25) is 9.59 Å². The average molecular weight is 277 g/mol. The van der Waals surface area contributed by atoms with Crippen LogP contribution >= 0.6 is 0 Å². The predicted molar refractivity (Wildman–Crippen MR) is 66.8 cm³/mol. The quantitative estimate of drug-likeness (QED) is 0.604. The Balaban J connectivity index is 2.23. The van der Waals surface area contributed by atoms with Gasteiger partial charge >= 0.3 is 0 Å². The lowest BCUT2D eigenvalue weighted by Crippen LogP contribution is -2.49. The zero-order valence-electron chi connectivity index (χ0n) is 10.4. The van der Waals surface area contributed by atoms with Crippen molar-refractivity contribution in [3.63, 3.8) is 0 Å². The van der Waals surface area contributed by atoms with Crippen molar-refractivity contribution in [2.75, 3.05) is 44.7 Å². The number of sulfone groups is 1. The molecular weight excluding hydrogens is 258 g/mol. The molecule has 1 saturated heterocycles. The molecule has 1 heterocycles. The number of rotatable bonds is 5. The van der Waals surface area contributed by atoms with Crippen molar-refractivity contribution in [3.05, 3.63) is 0 Å². The Morgan fingerprint density at radius 3 is 2.44 bits per heavy atom. The first-order valence-electron chi connectivity index (χ1n) is 5.81. The van der Waals surface area contributed by atoms with Crippen molar-refractivity contribution in [3.8, 4) is 0 Å². The second-order valence-corrected chi connectivity index (χ2v) is 6.55. The molecule has 0 radical (unpaired) electrons. The Hall–Kier alpha value is -1.15. The molecule has 1 rings (SSSR count). The minimum atomic E-state index is -3.14. The van der Waals surface area contributed by atoms with E-state index < -0.39 is 15.7 Å². The van der Waals surface area contributed by atoms with Crippen molar-refractivity contribution in [2.45, 2.75) is 6.42 Å². The van der Waals surface area contributed by atoms with Gasteiger partial charge < -0.3 is 15.5 Å². The lowest BCUT2D eigenvalue weighted by Gasteiger charge is -2.27. The zero-order chi connectivity index (χ0) is 13.6. The molecule has 2 N–H and O–H groups in total. The van der Waals surface area contributed by atoms with Crippen molar-refractivity contribution in [2.24, 2.45) is 0 Å². The van der Waals surface area contributed by atoms with Crippen LogP contribution in [0.3, 0.4) is 0 Å². The molecule has 0 aliphatic carbocycles. The largest absolute Gasteiger partial charge is 0.347 e. The van der Waals surface area contributed by atoms with E-state index in [4.69, 9.17) is 0 Å². The summed E-state index contributed by atoms with van der Waals surface area (Å²) < 4.78 is 21.7. The molecule has 7 nitrogen and oxygen atoms in total. The fraction of sp³-hybridized carbons (Fsp3) is 0.800. The molecule has 1 fully saturated rings. The second kappa shape index (κ2) is 6.69. The van der Waals surface area contributed by atoms with Crippen LogP contribution in [0.15, 0.2) is 0 Å². The smallest absolute Gasteiger partial charge is 0.242 e. The molecule has 0 unspecified atom stereocenters. The van der Waals surface area contributed by atoms with Crippen LogP contribution in [-0.2, 0) is 19.4 Å². The van der Waals surface area contributed by atoms with Crippen molar-refractivity contribution in [1.29, 1.82) is 0 Å². The first kappa shape index (κ1) is 14.9. The normalized spacial score (nSPS) is 16.4. The fourth-order valence-electron chi connectivity index (χ4n) is 1.57. The summed E-state index contributed by atoms with van der Waals surface area (Å²) in [7, 11) is -3.14. The molecule has 0 bridgehead atoms. The fourth-order valence-corrected chi connectivity index (χ4v) is 2.12. The number of carbonyl (C=O) groups is 2. The van der Waals surface area contributed by atoms with Gasteiger partial charge in [0, 0.05) is 38.9 Å². The van der Waals surface area contributed by atoms with Crippen molar-refractivity contribution in [1.82, 2.24) is 15.5 Å². The van der Waals surface area contributed by atoms with Crippen molar-refractivity contribution < 1.29 is 18.0 Å². The van der Waals surface area contributed by atoms with Gasteiger partial charge in [-0.15, -0.1) is 0 Å². The lowest BCUT2D eigenvalue weighted by molar-refractivity contribution is -0.133. The standard InChI is InChI=1S/C10H19N3O4S/c1-18(16,17)7-2-9(14)12-8-10(15)13-5-3-11-4-6-13/h11H,2-8H2,1H3,(H,12,14).